The van der Waals surface area contributed by atoms with Gasteiger partial charge in [0.2, 0.25) is 0 Å². The maximum atomic E-state index is 13.0. The van der Waals surface area contributed by atoms with Crippen LogP contribution < -0.4 is 10.9 Å². The highest BCUT2D eigenvalue weighted by molar-refractivity contribution is 7.25. The van der Waals surface area contributed by atoms with Gasteiger partial charge in [0.05, 0.1) is 5.39 Å². The Morgan fingerprint density at radius 2 is 2.12 bits per heavy atom. The molecular weight excluding hydrogens is 334 g/mol. The van der Waals surface area contributed by atoms with E-state index in [1.54, 1.807) is 10.9 Å². The zero-order valence-electron chi connectivity index (χ0n) is 14.0. The molecule has 7 heteroatoms. The maximum absolute atomic E-state index is 13.0. The number of allylic oxidation sites excluding steroid dienone is 6. The maximum Gasteiger partial charge on any atom is 0.275 e. The molecule has 0 amide bonds. The minimum Gasteiger partial charge on any atom is -0.370 e. The SMILES string of the molecule is CCNc1ncnc2sc3c(=O)n(C4=CCC=C(C)C=C4)cnc3c12. The molecule has 0 aliphatic heterocycles. The van der Waals surface area contributed by atoms with Crippen LogP contribution in [0.5, 0.6) is 0 Å². The summed E-state index contributed by atoms with van der Waals surface area (Å²) in [7, 11) is 0. The number of fused-ring (bicyclic) bond motifs is 3. The topological polar surface area (TPSA) is 72.7 Å². The van der Waals surface area contributed by atoms with Crippen LogP contribution in [0.1, 0.15) is 20.3 Å². The zero-order valence-corrected chi connectivity index (χ0v) is 14.8. The number of anilines is 1. The van der Waals surface area contributed by atoms with Gasteiger partial charge < -0.3 is 5.32 Å². The van der Waals surface area contributed by atoms with Crippen LogP contribution in [0.3, 0.4) is 0 Å². The van der Waals surface area contributed by atoms with Gasteiger partial charge in [0.25, 0.3) is 5.56 Å². The molecule has 0 radical (unpaired) electrons. The molecule has 126 valence electrons. The third-order valence-electron chi connectivity index (χ3n) is 4.08. The molecule has 0 saturated carbocycles. The molecule has 3 aromatic rings. The molecule has 6 nitrogen and oxygen atoms in total. The van der Waals surface area contributed by atoms with E-state index in [1.165, 1.54) is 23.2 Å². The summed E-state index contributed by atoms with van der Waals surface area (Å²) in [5.74, 6) is 0.719. The van der Waals surface area contributed by atoms with E-state index in [4.69, 9.17) is 0 Å². The molecule has 1 aliphatic carbocycles. The predicted molar refractivity (Wildman–Crippen MR) is 103 cm³/mol. The van der Waals surface area contributed by atoms with Gasteiger partial charge in [-0.15, -0.1) is 11.3 Å². The molecule has 1 N–H and O–H groups in total. The van der Waals surface area contributed by atoms with Crippen molar-refractivity contribution in [2.75, 3.05) is 11.9 Å². The van der Waals surface area contributed by atoms with Gasteiger partial charge in [-0.25, -0.2) is 15.0 Å². The standard InChI is InChI=1S/C18H17N5OS/c1-3-19-16-13-14-15(25-17(13)21-9-20-16)18(24)23(10-22-14)12-6-4-5-11(2)7-8-12/h5-10H,3-4H2,1-2H3,(H,19,20,21). The zero-order chi connectivity index (χ0) is 17.4. The number of aromatic nitrogens is 4. The summed E-state index contributed by atoms with van der Waals surface area (Å²) in [6.07, 6.45) is 12.0. The second kappa shape index (κ2) is 6.25. The monoisotopic (exact) mass is 351 g/mol. The Bertz CT molecular complexity index is 1120. The minimum atomic E-state index is -0.0779. The van der Waals surface area contributed by atoms with Gasteiger partial charge in [0.1, 0.15) is 33.5 Å². The lowest BCUT2D eigenvalue weighted by Crippen LogP contribution is -2.18. The first-order chi connectivity index (χ1) is 12.2. The second-order valence-electron chi connectivity index (χ2n) is 5.78. The van der Waals surface area contributed by atoms with Gasteiger partial charge in [-0.1, -0.05) is 23.8 Å². The summed E-state index contributed by atoms with van der Waals surface area (Å²) in [6, 6.07) is 0. The van der Waals surface area contributed by atoms with Crippen LogP contribution in [0.4, 0.5) is 5.82 Å². The largest absolute Gasteiger partial charge is 0.370 e. The lowest BCUT2D eigenvalue weighted by molar-refractivity contribution is 0.996. The van der Waals surface area contributed by atoms with E-state index in [0.29, 0.717) is 10.2 Å². The van der Waals surface area contributed by atoms with Gasteiger partial charge in [0, 0.05) is 12.2 Å². The lowest BCUT2D eigenvalue weighted by atomic mass is 10.2. The third-order valence-corrected chi connectivity index (χ3v) is 5.16. The van der Waals surface area contributed by atoms with Crippen molar-refractivity contribution in [3.63, 3.8) is 0 Å². The number of hydrogen-bond donors (Lipinski definition) is 1. The summed E-state index contributed by atoms with van der Waals surface area (Å²) in [6.45, 7) is 4.79. The fourth-order valence-electron chi connectivity index (χ4n) is 2.85. The summed E-state index contributed by atoms with van der Waals surface area (Å²) in [5, 5.41) is 4.03. The Balaban J connectivity index is 1.94. The fourth-order valence-corrected chi connectivity index (χ4v) is 3.87. The molecule has 0 fully saturated rings. The molecule has 0 unspecified atom stereocenters. The van der Waals surface area contributed by atoms with Crippen molar-refractivity contribution in [3.8, 4) is 0 Å². The van der Waals surface area contributed by atoms with Crippen molar-refractivity contribution >= 4 is 43.3 Å². The van der Waals surface area contributed by atoms with Crippen LogP contribution in [0.2, 0.25) is 0 Å². The van der Waals surface area contributed by atoms with E-state index in [9.17, 15) is 4.79 Å². The Labute approximate surface area is 148 Å². The average molecular weight is 351 g/mol. The van der Waals surface area contributed by atoms with Crippen molar-refractivity contribution < 1.29 is 0 Å². The summed E-state index contributed by atoms with van der Waals surface area (Å²) in [4.78, 5) is 27.0. The van der Waals surface area contributed by atoms with Crippen LogP contribution in [-0.4, -0.2) is 26.1 Å². The van der Waals surface area contributed by atoms with Crippen LogP contribution in [0.15, 0.2) is 47.3 Å². The quantitative estimate of drug-likeness (QED) is 0.781. The number of rotatable bonds is 3. The number of hydrogen-bond acceptors (Lipinski definition) is 6. The molecular formula is C18H17N5OS. The van der Waals surface area contributed by atoms with Crippen LogP contribution in [0.25, 0.3) is 26.1 Å². The van der Waals surface area contributed by atoms with Gasteiger partial charge in [0.15, 0.2) is 0 Å². The second-order valence-corrected chi connectivity index (χ2v) is 6.78. The molecule has 0 spiro atoms. The molecule has 0 saturated heterocycles. The molecule has 25 heavy (non-hydrogen) atoms. The van der Waals surface area contributed by atoms with E-state index in [-0.39, 0.29) is 5.56 Å². The van der Waals surface area contributed by atoms with Crippen molar-refractivity contribution in [1.29, 1.82) is 0 Å². The van der Waals surface area contributed by atoms with Crippen LogP contribution in [0, 0.1) is 0 Å². The van der Waals surface area contributed by atoms with Crippen molar-refractivity contribution in [2.24, 2.45) is 0 Å². The molecule has 3 aromatic heterocycles. The molecule has 0 bridgehead atoms. The van der Waals surface area contributed by atoms with Crippen molar-refractivity contribution in [3.05, 3.63) is 52.9 Å². The van der Waals surface area contributed by atoms with Gasteiger partial charge in [-0.3, -0.25) is 9.36 Å². The lowest BCUT2D eigenvalue weighted by Gasteiger charge is -2.06. The Kier molecular flexibility index (Phi) is 3.93. The van der Waals surface area contributed by atoms with E-state index >= 15 is 0 Å². The number of nitrogens with one attached hydrogen (secondary N) is 1. The summed E-state index contributed by atoms with van der Waals surface area (Å²) in [5.41, 5.74) is 2.60. The van der Waals surface area contributed by atoms with Crippen molar-refractivity contribution in [1.82, 2.24) is 19.5 Å². The molecule has 0 aromatic carbocycles. The highest BCUT2D eigenvalue weighted by atomic mass is 32.1. The number of nitrogens with zero attached hydrogens (tertiary/aromatic N) is 4. The third kappa shape index (κ3) is 2.66. The van der Waals surface area contributed by atoms with Crippen LogP contribution >= 0.6 is 11.3 Å². The first-order valence-corrected chi connectivity index (χ1v) is 8.94. The van der Waals surface area contributed by atoms with E-state index in [0.717, 1.165) is 34.7 Å². The highest BCUT2D eigenvalue weighted by Crippen LogP contribution is 2.32. The Morgan fingerprint density at radius 1 is 1.24 bits per heavy atom. The average Bonchev–Trinajstić information content (AvgIpc) is 2.86. The molecule has 3 heterocycles. The minimum absolute atomic E-state index is 0.0779. The summed E-state index contributed by atoms with van der Waals surface area (Å²) < 4.78 is 2.20. The first-order valence-electron chi connectivity index (χ1n) is 8.13. The van der Waals surface area contributed by atoms with Gasteiger partial charge >= 0.3 is 0 Å². The molecule has 0 atom stereocenters. The van der Waals surface area contributed by atoms with Gasteiger partial charge in [-0.05, 0) is 26.3 Å². The van der Waals surface area contributed by atoms with E-state index < -0.39 is 0 Å². The molecule has 1 aliphatic rings. The highest BCUT2D eigenvalue weighted by Gasteiger charge is 2.17. The van der Waals surface area contributed by atoms with Crippen molar-refractivity contribution in [2.45, 2.75) is 20.3 Å². The normalized spacial score (nSPS) is 14.5. The Morgan fingerprint density at radius 3 is 2.96 bits per heavy atom. The fraction of sp³-hybridized carbons (Fsp3) is 0.222. The Hall–Kier alpha value is -2.80. The summed E-state index contributed by atoms with van der Waals surface area (Å²) >= 11 is 1.36. The smallest absolute Gasteiger partial charge is 0.275 e. The van der Waals surface area contributed by atoms with E-state index in [1.807, 2.05) is 32.1 Å². The number of thiophene rings is 1. The first kappa shape index (κ1) is 15.7. The predicted octanol–water partition coefficient (Wildman–Crippen LogP) is 3.58. The molecule has 4 rings (SSSR count). The van der Waals surface area contributed by atoms with E-state index in [2.05, 4.69) is 26.3 Å². The van der Waals surface area contributed by atoms with Crippen LogP contribution in [-0.2, 0) is 0 Å². The van der Waals surface area contributed by atoms with Gasteiger partial charge in [-0.2, -0.15) is 0 Å².